The first kappa shape index (κ1) is 22.7. The second-order valence-corrected chi connectivity index (χ2v) is 15.9. The highest BCUT2D eigenvalue weighted by molar-refractivity contribution is 7.90. The number of nitrogens with zero attached hydrogens (tertiary/aromatic N) is 2. The van der Waals surface area contributed by atoms with Crippen molar-refractivity contribution in [3.05, 3.63) is 29.3 Å². The zero-order valence-electron chi connectivity index (χ0n) is 17.5. The van der Waals surface area contributed by atoms with Gasteiger partial charge < -0.3 is 4.43 Å². The molecule has 0 aliphatic carbocycles. The highest BCUT2D eigenvalue weighted by Crippen LogP contribution is 2.38. The molecule has 0 spiro atoms. The molecule has 0 amide bonds. The first-order chi connectivity index (χ1) is 12.3. The zero-order chi connectivity index (χ0) is 20.6. The maximum atomic E-state index is 12.9. The van der Waals surface area contributed by atoms with Gasteiger partial charge in [0.25, 0.3) is 0 Å². The number of hydrogen-bond acceptors (Lipinski definition) is 3. The average Bonchev–Trinajstić information content (AvgIpc) is 2.54. The Labute approximate surface area is 171 Å². The molecule has 0 saturated heterocycles. The third kappa shape index (κ3) is 4.70. The Morgan fingerprint density at radius 1 is 1.26 bits per heavy atom. The number of fused-ring (bicyclic) bond motifs is 1. The first-order valence-electron chi connectivity index (χ1n) is 9.42. The summed E-state index contributed by atoms with van der Waals surface area (Å²) in [5, 5.41) is 0.154. The molecule has 154 valence electrons. The van der Waals surface area contributed by atoms with Crippen LogP contribution < -0.4 is 4.31 Å². The smallest absolute Gasteiger partial charge is 0.304 e. The molecule has 0 aromatic heterocycles. The van der Waals surface area contributed by atoms with Crippen LogP contribution in [-0.4, -0.2) is 39.5 Å². The number of alkyl halides is 1. The molecule has 5 nitrogen and oxygen atoms in total. The molecule has 1 aromatic carbocycles. The minimum absolute atomic E-state index is 0.117. The third-order valence-corrected chi connectivity index (χ3v) is 12.3. The molecule has 1 aromatic rings. The van der Waals surface area contributed by atoms with Gasteiger partial charge in [-0.15, -0.1) is 11.6 Å². The van der Waals surface area contributed by atoms with Gasteiger partial charge >= 0.3 is 10.2 Å². The van der Waals surface area contributed by atoms with E-state index >= 15 is 0 Å². The lowest BCUT2D eigenvalue weighted by molar-refractivity contribution is 0.276. The van der Waals surface area contributed by atoms with Gasteiger partial charge in [0, 0.05) is 25.0 Å². The van der Waals surface area contributed by atoms with Gasteiger partial charge in [-0.3, -0.25) is 4.31 Å². The van der Waals surface area contributed by atoms with Crippen LogP contribution in [0, 0.1) is 0 Å². The van der Waals surface area contributed by atoms with E-state index in [4.69, 9.17) is 16.0 Å². The summed E-state index contributed by atoms with van der Waals surface area (Å²) >= 11 is 5.89. The fraction of sp³-hybridized carbons (Fsp3) is 0.684. The zero-order valence-corrected chi connectivity index (χ0v) is 20.1. The predicted molar refractivity (Wildman–Crippen MR) is 116 cm³/mol. The Kier molecular flexibility index (Phi) is 6.74. The van der Waals surface area contributed by atoms with E-state index < -0.39 is 18.5 Å². The van der Waals surface area contributed by atoms with Crippen molar-refractivity contribution in [1.82, 2.24) is 4.31 Å². The molecule has 27 heavy (non-hydrogen) atoms. The van der Waals surface area contributed by atoms with Gasteiger partial charge in [0.1, 0.15) is 0 Å². The molecule has 0 fully saturated rings. The van der Waals surface area contributed by atoms with Gasteiger partial charge in [-0.2, -0.15) is 12.7 Å². The van der Waals surface area contributed by atoms with Crippen LogP contribution in [0.1, 0.15) is 45.7 Å². The van der Waals surface area contributed by atoms with Gasteiger partial charge in [-0.25, -0.2) is 0 Å². The molecular formula is C19H33ClN2O3SSi. The molecule has 1 heterocycles. The molecule has 0 atom stereocenters. The molecule has 2 rings (SSSR count). The summed E-state index contributed by atoms with van der Waals surface area (Å²) in [5.74, 6) is 0.251. The van der Waals surface area contributed by atoms with Crippen LogP contribution in [0.15, 0.2) is 18.2 Å². The molecule has 0 unspecified atom stereocenters. The van der Waals surface area contributed by atoms with E-state index in [2.05, 4.69) is 39.9 Å². The fourth-order valence-electron chi connectivity index (χ4n) is 2.84. The standard InChI is InChI=1S/C19H33ClN2O3SSi/c1-15(2)22-13-17-12-16(14-25-27(6,7)19(3,4)5)8-9-18(17)21(11-10-20)26(22,23)24/h8-9,12,15H,10-11,13-14H2,1-7H3. The van der Waals surface area contributed by atoms with E-state index in [9.17, 15) is 8.42 Å². The summed E-state index contributed by atoms with van der Waals surface area (Å²) in [5.41, 5.74) is 2.80. The molecule has 0 bridgehead atoms. The lowest BCUT2D eigenvalue weighted by Gasteiger charge is -2.39. The van der Waals surface area contributed by atoms with E-state index in [1.54, 1.807) is 0 Å². The van der Waals surface area contributed by atoms with Crippen LogP contribution in [0.25, 0.3) is 0 Å². The molecule has 0 saturated carbocycles. The maximum absolute atomic E-state index is 12.9. The minimum atomic E-state index is -3.55. The van der Waals surface area contributed by atoms with Crippen molar-refractivity contribution in [2.45, 2.75) is 71.9 Å². The summed E-state index contributed by atoms with van der Waals surface area (Å²) in [6.45, 7) is 16.1. The van der Waals surface area contributed by atoms with Crippen LogP contribution in [0.2, 0.25) is 18.1 Å². The van der Waals surface area contributed by atoms with Crippen LogP contribution in [0.3, 0.4) is 0 Å². The number of anilines is 1. The predicted octanol–water partition coefficient (Wildman–Crippen LogP) is 4.72. The largest absolute Gasteiger partial charge is 0.413 e. The second kappa shape index (κ2) is 8.03. The minimum Gasteiger partial charge on any atom is -0.413 e. The highest BCUT2D eigenvalue weighted by atomic mass is 35.5. The fourth-order valence-corrected chi connectivity index (χ4v) is 5.91. The Morgan fingerprint density at radius 3 is 2.41 bits per heavy atom. The SMILES string of the molecule is CC(C)N1Cc2cc(CO[Si](C)(C)C(C)(C)C)ccc2N(CCCl)S1(=O)=O. The summed E-state index contributed by atoms with van der Waals surface area (Å²) in [4.78, 5) is 0. The Balaban J connectivity index is 2.34. The summed E-state index contributed by atoms with van der Waals surface area (Å²) in [6, 6.07) is 5.82. The third-order valence-electron chi connectivity index (χ3n) is 5.58. The Bertz CT molecular complexity index is 776. The van der Waals surface area contributed by atoms with Gasteiger partial charge in [-0.1, -0.05) is 32.9 Å². The van der Waals surface area contributed by atoms with Crippen molar-refractivity contribution in [3.8, 4) is 0 Å². The molecule has 0 radical (unpaired) electrons. The van der Waals surface area contributed by atoms with E-state index in [-0.39, 0.29) is 23.5 Å². The average molecular weight is 433 g/mol. The van der Waals surface area contributed by atoms with Crippen molar-refractivity contribution < 1.29 is 12.8 Å². The van der Waals surface area contributed by atoms with Gasteiger partial charge in [-0.05, 0) is 49.2 Å². The molecule has 8 heteroatoms. The first-order valence-corrected chi connectivity index (χ1v) is 14.3. The van der Waals surface area contributed by atoms with Crippen LogP contribution in [0.4, 0.5) is 5.69 Å². The van der Waals surface area contributed by atoms with Gasteiger partial charge in [0.05, 0.1) is 12.3 Å². The quantitative estimate of drug-likeness (QED) is 0.482. The van der Waals surface area contributed by atoms with Crippen LogP contribution in [0.5, 0.6) is 0 Å². The Hall–Kier alpha value is -0.603. The number of halogens is 1. The monoisotopic (exact) mass is 432 g/mol. The lowest BCUT2D eigenvalue weighted by Crippen LogP contribution is -2.50. The van der Waals surface area contributed by atoms with Crippen molar-refractivity contribution in [2.75, 3.05) is 16.7 Å². The summed E-state index contributed by atoms with van der Waals surface area (Å²) in [6.07, 6.45) is 0. The topological polar surface area (TPSA) is 49.9 Å². The van der Waals surface area contributed by atoms with E-state index in [0.717, 1.165) is 16.8 Å². The number of rotatable bonds is 6. The second-order valence-electron chi connectivity index (χ2n) is 8.92. The van der Waals surface area contributed by atoms with Crippen LogP contribution in [-0.2, 0) is 27.8 Å². The normalized spacial score (nSPS) is 18.0. The molecule has 1 aliphatic heterocycles. The summed E-state index contributed by atoms with van der Waals surface area (Å²) in [7, 11) is -5.39. The van der Waals surface area contributed by atoms with Crippen molar-refractivity contribution in [1.29, 1.82) is 0 Å². The highest BCUT2D eigenvalue weighted by Gasteiger charge is 2.39. The van der Waals surface area contributed by atoms with Crippen LogP contribution >= 0.6 is 11.6 Å². The summed E-state index contributed by atoms with van der Waals surface area (Å²) < 4.78 is 35.2. The maximum Gasteiger partial charge on any atom is 0.304 e. The van der Waals surface area contributed by atoms with E-state index in [1.165, 1.54) is 8.61 Å². The Morgan fingerprint density at radius 2 is 1.89 bits per heavy atom. The van der Waals surface area contributed by atoms with Gasteiger partial charge in [0.2, 0.25) is 0 Å². The number of hydrogen-bond donors (Lipinski definition) is 0. The molecule has 1 aliphatic rings. The molecular weight excluding hydrogens is 400 g/mol. The van der Waals surface area contributed by atoms with Gasteiger partial charge in [0.15, 0.2) is 8.32 Å². The lowest BCUT2D eigenvalue weighted by atomic mass is 10.1. The van der Waals surface area contributed by atoms with Crippen molar-refractivity contribution in [3.63, 3.8) is 0 Å². The number of benzene rings is 1. The van der Waals surface area contributed by atoms with E-state index in [1.807, 2.05) is 26.0 Å². The van der Waals surface area contributed by atoms with E-state index in [0.29, 0.717) is 13.2 Å². The van der Waals surface area contributed by atoms with Crippen molar-refractivity contribution >= 4 is 35.8 Å². The molecule has 0 N–H and O–H groups in total. The van der Waals surface area contributed by atoms with Crippen molar-refractivity contribution in [2.24, 2.45) is 0 Å².